The van der Waals surface area contributed by atoms with E-state index in [1.54, 1.807) is 0 Å². The van der Waals surface area contributed by atoms with E-state index < -0.39 is 0 Å². The first-order valence-electron chi connectivity index (χ1n) is 13.9. The highest BCUT2D eigenvalue weighted by Gasteiger charge is 2.15. The minimum atomic E-state index is 1.24. The third kappa shape index (κ3) is 3.69. The van der Waals surface area contributed by atoms with Gasteiger partial charge in [0.05, 0.1) is 0 Å². The first-order chi connectivity index (χ1) is 19.8. The van der Waals surface area contributed by atoms with Crippen LogP contribution in [0.5, 0.6) is 0 Å². The van der Waals surface area contributed by atoms with Gasteiger partial charge in [-0.3, -0.25) is 0 Å². The first kappa shape index (κ1) is 22.8. The Kier molecular flexibility index (Phi) is 5.24. The molecule has 0 bridgehead atoms. The maximum Gasteiger partial charge on any atom is -0.00203 e. The molecule has 186 valence electrons. The van der Waals surface area contributed by atoms with E-state index in [1.807, 2.05) is 0 Å². The van der Waals surface area contributed by atoms with Crippen molar-refractivity contribution in [3.8, 4) is 44.5 Å². The summed E-state index contributed by atoms with van der Waals surface area (Å²) in [5, 5.41) is 7.87. The predicted molar refractivity (Wildman–Crippen MR) is 172 cm³/mol. The zero-order chi connectivity index (χ0) is 26.5. The molecule has 8 aromatic rings. The summed E-state index contributed by atoms with van der Waals surface area (Å²) in [4.78, 5) is 0. The molecule has 8 aromatic carbocycles. The largest absolute Gasteiger partial charge is 0.0622 e. The van der Waals surface area contributed by atoms with Gasteiger partial charge in [-0.2, -0.15) is 0 Å². The van der Waals surface area contributed by atoms with Crippen LogP contribution in [-0.4, -0.2) is 0 Å². The number of benzene rings is 8. The van der Waals surface area contributed by atoms with Crippen molar-refractivity contribution >= 4 is 32.3 Å². The van der Waals surface area contributed by atoms with E-state index in [9.17, 15) is 0 Å². The fraction of sp³-hybridized carbons (Fsp3) is 0. The molecular formula is C40H26. The van der Waals surface area contributed by atoms with Crippen molar-refractivity contribution in [2.24, 2.45) is 0 Å². The van der Waals surface area contributed by atoms with E-state index >= 15 is 0 Å². The molecule has 0 spiro atoms. The SMILES string of the molecule is c1ccc(-c2ccc(-c3ccc4ccc5c(-c6cccc(-c7ccccc7)c6)ccc6ccc3c4c65)cc2)cc1. The monoisotopic (exact) mass is 506 g/mol. The summed E-state index contributed by atoms with van der Waals surface area (Å²) in [6.07, 6.45) is 0. The second-order valence-electron chi connectivity index (χ2n) is 10.5. The number of rotatable bonds is 4. The minimum Gasteiger partial charge on any atom is -0.0622 e. The molecule has 0 aliphatic heterocycles. The topological polar surface area (TPSA) is 0 Å². The smallest absolute Gasteiger partial charge is 0.00203 e. The molecule has 0 saturated carbocycles. The average Bonchev–Trinajstić information content (AvgIpc) is 3.04. The predicted octanol–water partition coefficient (Wildman–Crippen LogP) is 11.3. The van der Waals surface area contributed by atoms with Gasteiger partial charge >= 0.3 is 0 Å². The van der Waals surface area contributed by atoms with Gasteiger partial charge in [0.15, 0.2) is 0 Å². The van der Waals surface area contributed by atoms with Crippen LogP contribution in [0.25, 0.3) is 76.8 Å². The highest BCUT2D eigenvalue weighted by molar-refractivity contribution is 6.27. The number of hydrogen-bond acceptors (Lipinski definition) is 0. The third-order valence-corrected chi connectivity index (χ3v) is 8.25. The van der Waals surface area contributed by atoms with Gasteiger partial charge in [0.1, 0.15) is 0 Å². The van der Waals surface area contributed by atoms with Crippen molar-refractivity contribution in [3.63, 3.8) is 0 Å². The van der Waals surface area contributed by atoms with Crippen LogP contribution >= 0.6 is 0 Å². The van der Waals surface area contributed by atoms with Gasteiger partial charge in [-0.15, -0.1) is 0 Å². The van der Waals surface area contributed by atoms with Gasteiger partial charge in [-0.25, -0.2) is 0 Å². The summed E-state index contributed by atoms with van der Waals surface area (Å²) in [5.41, 5.74) is 10.0. The number of hydrogen-bond donors (Lipinski definition) is 0. The Morgan fingerprint density at radius 3 is 1.27 bits per heavy atom. The van der Waals surface area contributed by atoms with E-state index in [0.29, 0.717) is 0 Å². The van der Waals surface area contributed by atoms with E-state index in [1.165, 1.54) is 76.8 Å². The second-order valence-corrected chi connectivity index (χ2v) is 10.5. The molecule has 0 heteroatoms. The zero-order valence-electron chi connectivity index (χ0n) is 22.0. The van der Waals surface area contributed by atoms with Crippen LogP contribution in [0.2, 0.25) is 0 Å². The lowest BCUT2D eigenvalue weighted by molar-refractivity contribution is 1.60. The van der Waals surface area contributed by atoms with Crippen LogP contribution in [0.15, 0.2) is 158 Å². The fourth-order valence-corrected chi connectivity index (χ4v) is 6.27. The summed E-state index contributed by atoms with van der Waals surface area (Å²) in [6.45, 7) is 0. The van der Waals surface area contributed by atoms with Crippen LogP contribution in [0.4, 0.5) is 0 Å². The molecule has 0 aliphatic carbocycles. The van der Waals surface area contributed by atoms with E-state index in [4.69, 9.17) is 0 Å². The Bertz CT molecular complexity index is 2120. The molecule has 0 saturated heterocycles. The zero-order valence-corrected chi connectivity index (χ0v) is 22.0. The standard InChI is InChI=1S/C40H26/c1-3-8-27(9-4-1)29-14-16-30(17-15-29)35-22-18-31-21-25-38-36(23-19-32-20-24-37(35)39(31)40(32)38)34-13-7-12-33(26-34)28-10-5-2-6-11-28/h1-26H. The Balaban J connectivity index is 1.30. The Morgan fingerprint density at radius 2 is 0.675 bits per heavy atom. The lowest BCUT2D eigenvalue weighted by Crippen LogP contribution is -1.90. The molecule has 40 heavy (non-hydrogen) atoms. The molecule has 0 amide bonds. The highest BCUT2D eigenvalue weighted by Crippen LogP contribution is 2.42. The van der Waals surface area contributed by atoms with E-state index in [-0.39, 0.29) is 0 Å². The van der Waals surface area contributed by atoms with Gasteiger partial charge in [0.25, 0.3) is 0 Å². The molecule has 0 fully saturated rings. The van der Waals surface area contributed by atoms with Gasteiger partial charge in [0, 0.05) is 0 Å². The lowest BCUT2D eigenvalue weighted by Gasteiger charge is -2.17. The summed E-state index contributed by atoms with van der Waals surface area (Å²) in [7, 11) is 0. The average molecular weight is 507 g/mol. The molecular weight excluding hydrogens is 480 g/mol. The fourth-order valence-electron chi connectivity index (χ4n) is 6.27. The van der Waals surface area contributed by atoms with Gasteiger partial charge < -0.3 is 0 Å². The molecule has 0 nitrogen and oxygen atoms in total. The first-order valence-corrected chi connectivity index (χ1v) is 13.9. The van der Waals surface area contributed by atoms with Crippen molar-refractivity contribution in [2.75, 3.05) is 0 Å². The molecule has 0 unspecified atom stereocenters. The Morgan fingerprint density at radius 1 is 0.250 bits per heavy atom. The highest BCUT2D eigenvalue weighted by atomic mass is 14.2. The van der Waals surface area contributed by atoms with Gasteiger partial charge in [-0.1, -0.05) is 152 Å². The maximum atomic E-state index is 2.32. The van der Waals surface area contributed by atoms with Crippen LogP contribution in [0, 0.1) is 0 Å². The summed E-state index contributed by atoms with van der Waals surface area (Å²) in [6, 6.07) is 57.5. The van der Waals surface area contributed by atoms with Crippen molar-refractivity contribution in [2.45, 2.75) is 0 Å². The second kappa shape index (κ2) is 9.22. The van der Waals surface area contributed by atoms with Gasteiger partial charge in [0.2, 0.25) is 0 Å². The molecule has 0 aromatic heterocycles. The Labute approximate surface area is 234 Å². The van der Waals surface area contributed by atoms with Crippen molar-refractivity contribution < 1.29 is 0 Å². The normalized spacial score (nSPS) is 11.5. The van der Waals surface area contributed by atoms with E-state index in [2.05, 4.69) is 158 Å². The molecule has 0 radical (unpaired) electrons. The van der Waals surface area contributed by atoms with Crippen LogP contribution in [0.1, 0.15) is 0 Å². The maximum absolute atomic E-state index is 2.32. The molecule has 0 aliphatic rings. The quantitative estimate of drug-likeness (QED) is 0.208. The molecule has 8 rings (SSSR count). The minimum absolute atomic E-state index is 1.24. The lowest BCUT2D eigenvalue weighted by atomic mass is 9.87. The van der Waals surface area contributed by atoms with Crippen LogP contribution < -0.4 is 0 Å². The Hall–Kier alpha value is -5.20. The molecule has 0 N–H and O–H groups in total. The molecule has 0 atom stereocenters. The summed E-state index contributed by atoms with van der Waals surface area (Å²) >= 11 is 0. The van der Waals surface area contributed by atoms with Crippen LogP contribution in [-0.2, 0) is 0 Å². The van der Waals surface area contributed by atoms with Crippen LogP contribution in [0.3, 0.4) is 0 Å². The molecule has 0 heterocycles. The van der Waals surface area contributed by atoms with Crippen molar-refractivity contribution in [3.05, 3.63) is 158 Å². The third-order valence-electron chi connectivity index (χ3n) is 8.25. The summed E-state index contributed by atoms with van der Waals surface area (Å²) < 4.78 is 0. The van der Waals surface area contributed by atoms with Crippen molar-refractivity contribution in [1.82, 2.24) is 0 Å². The summed E-state index contributed by atoms with van der Waals surface area (Å²) in [5.74, 6) is 0. The van der Waals surface area contributed by atoms with Crippen molar-refractivity contribution in [1.29, 1.82) is 0 Å². The van der Waals surface area contributed by atoms with Gasteiger partial charge in [-0.05, 0) is 82.9 Å². The van der Waals surface area contributed by atoms with E-state index in [0.717, 1.165) is 0 Å².